The van der Waals surface area contributed by atoms with Crippen LogP contribution in [0.5, 0.6) is 0 Å². The fraction of sp³-hybridized carbons (Fsp3) is 0.261. The van der Waals surface area contributed by atoms with Crippen molar-refractivity contribution in [1.29, 1.82) is 0 Å². The summed E-state index contributed by atoms with van der Waals surface area (Å²) in [6, 6.07) is 20.1. The molecule has 3 heterocycles. The van der Waals surface area contributed by atoms with Gasteiger partial charge in [0.2, 0.25) is 0 Å². The molecule has 0 atom stereocenters. The second-order valence-electron chi connectivity index (χ2n) is 16.5. The first-order chi connectivity index (χ1) is 28.4. The summed E-state index contributed by atoms with van der Waals surface area (Å²) < 4.78 is 4.74. The fourth-order valence-electron chi connectivity index (χ4n) is 7.47. The summed E-state index contributed by atoms with van der Waals surface area (Å²) >= 11 is 0. The molecule has 0 aliphatic carbocycles. The van der Waals surface area contributed by atoms with E-state index >= 15 is 0 Å². The second-order valence-corrected chi connectivity index (χ2v) is 16.5. The minimum Gasteiger partial charge on any atom is -0.394 e. The van der Waals surface area contributed by atoms with Gasteiger partial charge in [0.25, 0.3) is 32.6 Å². The van der Waals surface area contributed by atoms with Crippen molar-refractivity contribution in [3.63, 3.8) is 0 Å². The predicted molar refractivity (Wildman–Crippen MR) is 239 cm³/mol. The van der Waals surface area contributed by atoms with Crippen LogP contribution in [0.15, 0.2) is 108 Å². The highest BCUT2D eigenvalue weighted by Gasteiger charge is 2.23. The fourth-order valence-corrected chi connectivity index (χ4v) is 7.47. The van der Waals surface area contributed by atoms with Crippen LogP contribution in [0.4, 0.5) is 17.1 Å². The van der Waals surface area contributed by atoms with Gasteiger partial charge in [-0.15, -0.1) is 0 Å². The number of anilines is 3. The third-order valence-corrected chi connectivity index (χ3v) is 10.3. The van der Waals surface area contributed by atoms with E-state index in [0.717, 1.165) is 52.1 Å². The quantitative estimate of drug-likeness (QED) is 0.168. The number of nitrogens with zero attached hydrogens (tertiary/aromatic N) is 5. The van der Waals surface area contributed by atoms with E-state index in [4.69, 9.17) is 17.2 Å². The molecule has 9 rings (SSSR count). The Hall–Kier alpha value is -7.22. The summed E-state index contributed by atoms with van der Waals surface area (Å²) in [5, 5.41) is 6.30. The number of imidazole rings is 1. The van der Waals surface area contributed by atoms with E-state index in [1.165, 1.54) is 27.7 Å². The number of benzene rings is 3. The molecule has 0 spiro atoms. The number of nitrogen functional groups attached to an aromatic ring is 3. The van der Waals surface area contributed by atoms with Crippen molar-refractivity contribution in [2.45, 2.75) is 60.8 Å². The van der Waals surface area contributed by atoms with Crippen LogP contribution >= 0.6 is 0 Å². The summed E-state index contributed by atoms with van der Waals surface area (Å²) in [7, 11) is 0. The Labute approximate surface area is 343 Å². The van der Waals surface area contributed by atoms with E-state index < -0.39 is 32.6 Å². The molecule has 6 N–H and O–H groups in total. The van der Waals surface area contributed by atoms with Gasteiger partial charge in [0.05, 0.1) is 22.1 Å². The number of fused-ring (bicyclic) bond motifs is 3. The van der Waals surface area contributed by atoms with Gasteiger partial charge < -0.3 is 21.8 Å². The van der Waals surface area contributed by atoms with Crippen LogP contribution in [0.3, 0.4) is 0 Å². The van der Waals surface area contributed by atoms with E-state index in [9.17, 15) is 28.8 Å². The Morgan fingerprint density at radius 2 is 0.967 bits per heavy atom. The van der Waals surface area contributed by atoms with Crippen molar-refractivity contribution >= 4 is 49.9 Å². The third-order valence-electron chi connectivity index (χ3n) is 10.3. The summed E-state index contributed by atoms with van der Waals surface area (Å²) in [5.41, 5.74) is 21.1. The molecular formula is C46H46N8O6. The zero-order valence-electron chi connectivity index (χ0n) is 34.3. The highest BCUT2D eigenvalue weighted by atomic mass is 16.2. The standard InChI is InChI=1S/C16H16N2O2.2C15H15N3O2/c1-9(2)7-10-3-4-11-5-6-18(12(11)8-10)14-13(17)15(19)16(14)20;1-8(2)5-9-3-4-10-11(6-9)18(7-17-10)13-12(16)14(19)15(13)20;1-8(2)5-9-3-4-10-7-18(17-11(10)6-9)13-12(16)14(19)15(13)20/h3-6,8-9H,7,17H2,1-2H3;2*3-4,6-8H,5,16H2,1-2H3. The van der Waals surface area contributed by atoms with E-state index in [1.54, 1.807) is 21.5 Å². The number of hydrogen-bond donors (Lipinski definition) is 3. The topological polar surface area (TPSA) is 221 Å². The third kappa shape index (κ3) is 7.47. The van der Waals surface area contributed by atoms with Gasteiger partial charge in [-0.25, -0.2) is 9.67 Å². The Morgan fingerprint density at radius 1 is 0.500 bits per heavy atom. The van der Waals surface area contributed by atoms with Crippen molar-refractivity contribution < 1.29 is 0 Å². The summed E-state index contributed by atoms with van der Waals surface area (Å²) in [6.07, 6.45) is 7.95. The molecule has 14 heteroatoms. The molecule has 0 saturated carbocycles. The van der Waals surface area contributed by atoms with E-state index in [0.29, 0.717) is 23.4 Å². The van der Waals surface area contributed by atoms with Gasteiger partial charge in [-0.05, 0) is 89.4 Å². The van der Waals surface area contributed by atoms with Gasteiger partial charge >= 0.3 is 0 Å². The maximum atomic E-state index is 11.7. The number of aromatic nitrogens is 5. The first-order valence-corrected chi connectivity index (χ1v) is 19.8. The zero-order chi connectivity index (χ0) is 43.3. The van der Waals surface area contributed by atoms with Crippen LogP contribution in [-0.2, 0) is 19.3 Å². The van der Waals surface area contributed by atoms with Crippen molar-refractivity contribution in [3.8, 4) is 17.1 Å². The summed E-state index contributed by atoms with van der Waals surface area (Å²) in [6.45, 7) is 12.9. The molecule has 9 aromatic rings. The van der Waals surface area contributed by atoms with Crippen LogP contribution in [-0.4, -0.2) is 23.9 Å². The number of hydrogen-bond acceptors (Lipinski definition) is 11. The second kappa shape index (κ2) is 15.9. The molecule has 0 bridgehead atoms. The average Bonchev–Trinajstić information content (AvgIpc) is 3.94. The lowest BCUT2D eigenvalue weighted by Crippen LogP contribution is -2.38. The van der Waals surface area contributed by atoms with Crippen LogP contribution in [0.25, 0.3) is 49.9 Å². The van der Waals surface area contributed by atoms with Crippen LogP contribution in [0, 0.1) is 17.8 Å². The van der Waals surface area contributed by atoms with Gasteiger partial charge in [0.15, 0.2) is 0 Å². The minimum absolute atomic E-state index is 0.00906. The molecule has 3 aromatic heterocycles. The van der Waals surface area contributed by atoms with E-state index in [2.05, 4.69) is 69.8 Å². The molecular weight excluding hydrogens is 761 g/mol. The molecule has 0 unspecified atom stereocenters. The lowest BCUT2D eigenvalue weighted by atomic mass is 10.0. The number of rotatable bonds is 9. The van der Waals surface area contributed by atoms with Crippen molar-refractivity contribution in [3.05, 3.63) is 157 Å². The first-order valence-electron chi connectivity index (χ1n) is 19.8. The molecule has 0 amide bonds. The monoisotopic (exact) mass is 806 g/mol. The van der Waals surface area contributed by atoms with E-state index in [1.807, 2.05) is 42.5 Å². The molecule has 0 radical (unpaired) electrons. The molecule has 0 saturated heterocycles. The minimum atomic E-state index is -0.625. The molecule has 0 aliphatic heterocycles. The van der Waals surface area contributed by atoms with Crippen LogP contribution < -0.4 is 49.8 Å². The lowest BCUT2D eigenvalue weighted by Gasteiger charge is -2.11. The highest BCUT2D eigenvalue weighted by Crippen LogP contribution is 2.25. The molecule has 14 nitrogen and oxygen atoms in total. The smallest absolute Gasteiger partial charge is 0.255 e. The van der Waals surface area contributed by atoms with E-state index in [-0.39, 0.29) is 28.4 Å². The zero-order valence-corrected chi connectivity index (χ0v) is 34.3. The van der Waals surface area contributed by atoms with Crippen molar-refractivity contribution in [1.82, 2.24) is 23.9 Å². The molecule has 0 fully saturated rings. The normalized spacial score (nSPS) is 11.8. The molecule has 60 heavy (non-hydrogen) atoms. The molecule has 306 valence electrons. The van der Waals surface area contributed by atoms with Gasteiger partial charge in [-0.1, -0.05) is 71.9 Å². The maximum Gasteiger partial charge on any atom is 0.255 e. The van der Waals surface area contributed by atoms with Gasteiger partial charge in [-0.2, -0.15) is 5.10 Å². The van der Waals surface area contributed by atoms with Gasteiger partial charge in [-0.3, -0.25) is 33.3 Å². The predicted octanol–water partition coefficient (Wildman–Crippen LogP) is 4.81. The summed E-state index contributed by atoms with van der Waals surface area (Å²) in [4.78, 5) is 72.7. The van der Waals surface area contributed by atoms with Crippen molar-refractivity contribution in [2.75, 3.05) is 17.2 Å². The van der Waals surface area contributed by atoms with Gasteiger partial charge in [0, 0.05) is 17.8 Å². The molecule has 0 aliphatic rings. The SMILES string of the molecule is CC(C)Cc1ccc2ccn(-c3c(N)c(=O)c3=O)c2c1.CC(C)Cc1ccc2cn(-c3c(N)c(=O)c3=O)nc2c1.CC(C)Cc1ccc2ncn(-c3c(N)c(=O)c3=O)c2c1. The maximum absolute atomic E-state index is 11.7. The van der Waals surface area contributed by atoms with Gasteiger partial charge in [0.1, 0.15) is 40.5 Å². The first kappa shape index (κ1) is 41.0. The largest absolute Gasteiger partial charge is 0.394 e. The average molecular weight is 807 g/mol. The lowest BCUT2D eigenvalue weighted by molar-refractivity contribution is 0.647. The Morgan fingerprint density at radius 3 is 1.50 bits per heavy atom. The van der Waals surface area contributed by atoms with Crippen LogP contribution in [0.2, 0.25) is 0 Å². The van der Waals surface area contributed by atoms with Crippen LogP contribution in [0.1, 0.15) is 58.2 Å². The summed E-state index contributed by atoms with van der Waals surface area (Å²) in [5.74, 6) is 1.67. The Bertz CT molecular complexity index is 3140. The van der Waals surface area contributed by atoms with Crippen molar-refractivity contribution in [2.24, 2.45) is 17.8 Å². The number of nitrogens with two attached hydrogens (primary N) is 3. The highest BCUT2D eigenvalue weighted by molar-refractivity contribution is 5.85. The molecule has 6 aromatic carbocycles. The Kier molecular flexibility index (Phi) is 10.8. The Balaban J connectivity index is 0.000000136.